The maximum Gasteiger partial charge on any atom is 0.254 e. The summed E-state index contributed by atoms with van der Waals surface area (Å²) in [5, 5.41) is 0. The fourth-order valence-electron chi connectivity index (χ4n) is 2.78. The molecule has 4 nitrogen and oxygen atoms in total. The van der Waals surface area contributed by atoms with E-state index in [0.717, 1.165) is 12.8 Å². The van der Waals surface area contributed by atoms with Crippen molar-refractivity contribution < 1.29 is 9.18 Å². The van der Waals surface area contributed by atoms with Crippen LogP contribution in [0.25, 0.3) is 0 Å². The fraction of sp³-hybridized carbons (Fsp3) is 0.533. The van der Waals surface area contributed by atoms with Crippen LogP contribution in [-0.4, -0.2) is 48.9 Å². The molecule has 0 saturated heterocycles. The molecule has 2 rings (SSSR count). The molecule has 21 heavy (non-hydrogen) atoms. The first-order chi connectivity index (χ1) is 9.77. The van der Waals surface area contributed by atoms with Gasteiger partial charge in [0.2, 0.25) is 0 Å². The Morgan fingerprint density at radius 1 is 1.38 bits per heavy atom. The van der Waals surface area contributed by atoms with Crippen LogP contribution in [0.1, 0.15) is 29.6 Å². The van der Waals surface area contributed by atoms with Crippen LogP contribution >= 0.6 is 15.9 Å². The van der Waals surface area contributed by atoms with Crippen molar-refractivity contribution in [2.75, 3.05) is 33.4 Å². The zero-order valence-electron chi connectivity index (χ0n) is 12.6. The van der Waals surface area contributed by atoms with Gasteiger partial charge in [-0.15, -0.1) is 0 Å². The molecule has 0 aromatic heterocycles. The second kappa shape index (κ2) is 5.93. The molecule has 116 valence electrons. The number of hydrogen-bond donors (Lipinski definition) is 1. The number of carbonyl (C=O) groups is 1. The lowest BCUT2D eigenvalue weighted by Gasteiger charge is -2.49. The molecular weight excluding hydrogens is 337 g/mol. The fourth-order valence-corrected chi connectivity index (χ4v) is 3.27. The van der Waals surface area contributed by atoms with Crippen molar-refractivity contribution in [3.63, 3.8) is 0 Å². The van der Waals surface area contributed by atoms with E-state index in [1.54, 1.807) is 11.9 Å². The summed E-state index contributed by atoms with van der Waals surface area (Å²) in [6, 6.07) is 2.63. The predicted octanol–water partition coefficient (Wildman–Crippen LogP) is 2.73. The largest absolute Gasteiger partial charge is 0.396 e. The topological polar surface area (TPSA) is 49.6 Å². The molecule has 0 heterocycles. The zero-order valence-corrected chi connectivity index (χ0v) is 14.2. The third kappa shape index (κ3) is 3.06. The number of rotatable bonds is 4. The van der Waals surface area contributed by atoms with E-state index in [1.165, 1.54) is 18.6 Å². The lowest BCUT2D eigenvalue weighted by Crippen LogP contribution is -2.57. The van der Waals surface area contributed by atoms with Gasteiger partial charge in [-0.1, -0.05) is 0 Å². The zero-order chi connectivity index (χ0) is 15.8. The highest BCUT2D eigenvalue weighted by atomic mass is 79.9. The van der Waals surface area contributed by atoms with Gasteiger partial charge in [-0.2, -0.15) is 0 Å². The average Bonchev–Trinajstić information content (AvgIpc) is 2.36. The molecule has 0 radical (unpaired) electrons. The quantitative estimate of drug-likeness (QED) is 0.842. The van der Waals surface area contributed by atoms with Gasteiger partial charge in [0.25, 0.3) is 5.91 Å². The summed E-state index contributed by atoms with van der Waals surface area (Å²) in [4.78, 5) is 16.4. The Kier molecular flexibility index (Phi) is 4.58. The molecule has 1 aliphatic rings. The number of nitrogens with zero attached hydrogens (tertiary/aromatic N) is 2. The Balaban J connectivity index is 2.18. The van der Waals surface area contributed by atoms with E-state index in [9.17, 15) is 9.18 Å². The van der Waals surface area contributed by atoms with E-state index in [0.29, 0.717) is 16.6 Å². The number of nitrogen functional groups attached to an aromatic ring is 1. The molecule has 1 aromatic rings. The first kappa shape index (κ1) is 16.2. The van der Waals surface area contributed by atoms with Gasteiger partial charge < -0.3 is 15.5 Å². The van der Waals surface area contributed by atoms with Gasteiger partial charge in [0, 0.05) is 23.6 Å². The van der Waals surface area contributed by atoms with Crippen molar-refractivity contribution in [1.82, 2.24) is 9.80 Å². The minimum absolute atomic E-state index is 0.0130. The second-order valence-corrected chi connectivity index (χ2v) is 6.84. The number of halogens is 2. The maximum absolute atomic E-state index is 13.4. The van der Waals surface area contributed by atoms with Crippen molar-refractivity contribution in [1.29, 1.82) is 0 Å². The van der Waals surface area contributed by atoms with Crippen LogP contribution in [0.3, 0.4) is 0 Å². The molecule has 1 aromatic carbocycles. The minimum Gasteiger partial charge on any atom is -0.396 e. The summed E-state index contributed by atoms with van der Waals surface area (Å²) >= 11 is 3.24. The van der Waals surface area contributed by atoms with Crippen molar-refractivity contribution in [3.8, 4) is 0 Å². The third-order valence-electron chi connectivity index (χ3n) is 4.43. The summed E-state index contributed by atoms with van der Waals surface area (Å²) in [6.07, 6.45) is 3.36. The molecule has 0 bridgehead atoms. The van der Waals surface area contributed by atoms with Gasteiger partial charge in [-0.05, 0) is 61.4 Å². The normalized spacial score (nSPS) is 16.7. The Labute approximate surface area is 133 Å². The Bertz CT molecular complexity index is 558. The van der Waals surface area contributed by atoms with Crippen LogP contribution < -0.4 is 5.73 Å². The minimum atomic E-state index is -0.523. The second-order valence-electron chi connectivity index (χ2n) is 5.99. The Morgan fingerprint density at radius 3 is 2.48 bits per heavy atom. The summed E-state index contributed by atoms with van der Waals surface area (Å²) in [7, 11) is 5.87. The highest BCUT2D eigenvalue weighted by Gasteiger charge is 2.40. The molecular formula is C15H21BrFN3O. The summed E-state index contributed by atoms with van der Waals surface area (Å²) in [5.74, 6) is -0.675. The van der Waals surface area contributed by atoms with Gasteiger partial charge in [-0.25, -0.2) is 4.39 Å². The Hall–Kier alpha value is -1.14. The first-order valence-electron chi connectivity index (χ1n) is 6.94. The number of carbonyl (C=O) groups excluding carboxylic acids is 1. The predicted molar refractivity (Wildman–Crippen MR) is 85.7 cm³/mol. The molecule has 1 saturated carbocycles. The van der Waals surface area contributed by atoms with Crippen LogP contribution in [0.15, 0.2) is 16.6 Å². The van der Waals surface area contributed by atoms with Gasteiger partial charge in [0.1, 0.15) is 5.82 Å². The molecule has 1 amide bonds. The smallest absolute Gasteiger partial charge is 0.254 e. The van der Waals surface area contributed by atoms with E-state index >= 15 is 0 Å². The van der Waals surface area contributed by atoms with Gasteiger partial charge in [-0.3, -0.25) is 4.79 Å². The standard InChI is InChI=1S/C15H21BrFN3O/c1-19(2)15(5-4-6-15)9-20(3)14(21)10-7-13(18)12(17)8-11(10)16/h7-8H,4-6,9,18H2,1-3H3. The van der Waals surface area contributed by atoms with Crippen molar-refractivity contribution in [2.24, 2.45) is 0 Å². The van der Waals surface area contributed by atoms with E-state index in [1.807, 2.05) is 14.1 Å². The number of anilines is 1. The van der Waals surface area contributed by atoms with Gasteiger partial charge in [0.15, 0.2) is 0 Å². The van der Waals surface area contributed by atoms with Crippen molar-refractivity contribution >= 4 is 27.5 Å². The lowest BCUT2D eigenvalue weighted by molar-refractivity contribution is 0.0252. The molecule has 1 fully saturated rings. The van der Waals surface area contributed by atoms with Crippen LogP contribution in [0, 0.1) is 5.82 Å². The Morgan fingerprint density at radius 2 is 2.00 bits per heavy atom. The van der Waals surface area contributed by atoms with Crippen LogP contribution in [0.2, 0.25) is 0 Å². The lowest BCUT2D eigenvalue weighted by atomic mass is 9.75. The van der Waals surface area contributed by atoms with E-state index in [4.69, 9.17) is 5.73 Å². The van der Waals surface area contributed by atoms with E-state index in [2.05, 4.69) is 20.8 Å². The van der Waals surface area contributed by atoms with Gasteiger partial charge in [0.05, 0.1) is 11.3 Å². The van der Waals surface area contributed by atoms with Crippen molar-refractivity contribution in [3.05, 3.63) is 28.0 Å². The maximum atomic E-state index is 13.4. The monoisotopic (exact) mass is 357 g/mol. The van der Waals surface area contributed by atoms with Crippen LogP contribution in [0.5, 0.6) is 0 Å². The first-order valence-corrected chi connectivity index (χ1v) is 7.73. The number of benzene rings is 1. The molecule has 1 aliphatic carbocycles. The van der Waals surface area contributed by atoms with Crippen LogP contribution in [-0.2, 0) is 0 Å². The number of nitrogens with two attached hydrogens (primary N) is 1. The molecule has 6 heteroatoms. The van der Waals surface area contributed by atoms with Crippen molar-refractivity contribution in [2.45, 2.75) is 24.8 Å². The number of hydrogen-bond acceptors (Lipinski definition) is 3. The average molecular weight is 358 g/mol. The number of likely N-dealkylation sites (N-methyl/N-ethyl adjacent to an activating group) is 2. The molecule has 2 N–H and O–H groups in total. The highest BCUT2D eigenvalue weighted by Crippen LogP contribution is 2.37. The molecule has 0 unspecified atom stereocenters. The number of amides is 1. The molecule has 0 atom stereocenters. The molecule has 0 aliphatic heterocycles. The SMILES string of the molecule is CN(CC1(N(C)C)CCC1)C(=O)c1cc(N)c(F)cc1Br. The van der Waals surface area contributed by atoms with E-state index < -0.39 is 5.82 Å². The third-order valence-corrected chi connectivity index (χ3v) is 5.08. The summed E-state index contributed by atoms with van der Waals surface area (Å²) < 4.78 is 13.8. The summed E-state index contributed by atoms with van der Waals surface area (Å²) in [6.45, 7) is 0.655. The molecule has 0 spiro atoms. The van der Waals surface area contributed by atoms with E-state index in [-0.39, 0.29) is 17.1 Å². The highest BCUT2D eigenvalue weighted by molar-refractivity contribution is 9.10. The van der Waals surface area contributed by atoms with Crippen LogP contribution in [0.4, 0.5) is 10.1 Å². The summed E-state index contributed by atoms with van der Waals surface area (Å²) in [5.41, 5.74) is 6.00. The van der Waals surface area contributed by atoms with Gasteiger partial charge >= 0.3 is 0 Å².